The number of nitrogens with zero attached hydrogens (tertiary/aromatic N) is 3. The lowest BCUT2D eigenvalue weighted by Gasteiger charge is -2.34. The Morgan fingerprint density at radius 1 is 0.968 bits per heavy atom. The Kier molecular flexibility index (Phi) is 6.91. The molecule has 168 valence electrons. The molecule has 0 aliphatic carbocycles. The fourth-order valence-corrected chi connectivity index (χ4v) is 5.43. The zero-order valence-corrected chi connectivity index (χ0v) is 19.7. The molecule has 0 saturated carbocycles. The van der Waals surface area contributed by atoms with Crippen LogP contribution in [0, 0.1) is 20.8 Å². The Balaban J connectivity index is 2.05. The number of benzene rings is 2. The summed E-state index contributed by atoms with van der Waals surface area (Å²) in [6, 6.07) is 10.6. The first kappa shape index (κ1) is 23.1. The molecule has 1 aliphatic rings. The van der Waals surface area contributed by atoms with Crippen LogP contribution in [0.5, 0.6) is 5.75 Å². The van der Waals surface area contributed by atoms with E-state index < -0.39 is 10.0 Å². The molecule has 31 heavy (non-hydrogen) atoms. The van der Waals surface area contributed by atoms with Crippen molar-refractivity contribution in [2.45, 2.75) is 25.7 Å². The monoisotopic (exact) mass is 445 g/mol. The molecule has 0 radical (unpaired) electrons. The Morgan fingerprint density at radius 2 is 1.58 bits per heavy atom. The quantitative estimate of drug-likeness (QED) is 0.684. The summed E-state index contributed by atoms with van der Waals surface area (Å²) < 4.78 is 34.2. The van der Waals surface area contributed by atoms with E-state index in [2.05, 4.69) is 4.90 Å². The van der Waals surface area contributed by atoms with Crippen molar-refractivity contribution in [1.29, 1.82) is 0 Å². The highest BCUT2D eigenvalue weighted by molar-refractivity contribution is 7.93. The second-order valence-electron chi connectivity index (χ2n) is 8.20. The van der Waals surface area contributed by atoms with Crippen LogP contribution >= 0.6 is 0 Å². The average molecular weight is 446 g/mol. The summed E-state index contributed by atoms with van der Waals surface area (Å²) in [5.74, 6) is 0.0504. The number of amides is 1. The zero-order chi connectivity index (χ0) is 22.8. The van der Waals surface area contributed by atoms with Gasteiger partial charge in [0.05, 0.1) is 12.8 Å². The number of sulfonamides is 1. The van der Waals surface area contributed by atoms with Crippen LogP contribution in [-0.4, -0.2) is 71.0 Å². The summed E-state index contributed by atoms with van der Waals surface area (Å²) in [6.45, 7) is 8.11. The number of hydrogen-bond donors (Lipinski definition) is 0. The van der Waals surface area contributed by atoms with Gasteiger partial charge in [-0.05, 0) is 68.8 Å². The van der Waals surface area contributed by atoms with E-state index in [4.69, 9.17) is 4.74 Å². The minimum absolute atomic E-state index is 0.0559. The molecule has 0 unspecified atom stereocenters. The van der Waals surface area contributed by atoms with Crippen molar-refractivity contribution in [2.24, 2.45) is 0 Å². The average Bonchev–Trinajstić information content (AvgIpc) is 2.71. The third-order valence-electron chi connectivity index (χ3n) is 5.52. The smallest absolute Gasteiger partial charge is 0.268 e. The Labute approximate surface area is 185 Å². The molecule has 8 heteroatoms. The van der Waals surface area contributed by atoms with Gasteiger partial charge in [-0.3, -0.25) is 9.10 Å². The minimum Gasteiger partial charge on any atom is -0.495 e. The summed E-state index contributed by atoms with van der Waals surface area (Å²) in [4.78, 5) is 17.1. The second-order valence-corrected chi connectivity index (χ2v) is 10.0. The van der Waals surface area contributed by atoms with Crippen LogP contribution in [0.4, 0.5) is 5.69 Å². The summed E-state index contributed by atoms with van der Waals surface area (Å²) >= 11 is 0. The topological polar surface area (TPSA) is 70.2 Å². The zero-order valence-electron chi connectivity index (χ0n) is 18.9. The summed E-state index contributed by atoms with van der Waals surface area (Å²) in [7, 11) is -0.590. The van der Waals surface area contributed by atoms with Gasteiger partial charge in [0.25, 0.3) is 10.0 Å². The number of rotatable bonds is 6. The maximum Gasteiger partial charge on any atom is 0.268 e. The van der Waals surface area contributed by atoms with Crippen molar-refractivity contribution < 1.29 is 17.9 Å². The Bertz CT molecular complexity index is 1040. The highest BCUT2D eigenvalue weighted by Gasteiger charge is 2.32. The van der Waals surface area contributed by atoms with E-state index in [9.17, 15) is 13.2 Å². The molecule has 1 aliphatic heterocycles. The molecule has 0 N–H and O–H groups in total. The molecule has 0 atom stereocenters. The summed E-state index contributed by atoms with van der Waals surface area (Å²) in [6.07, 6.45) is 0. The molecule has 0 spiro atoms. The van der Waals surface area contributed by atoms with Gasteiger partial charge < -0.3 is 14.5 Å². The maximum atomic E-state index is 13.8. The van der Waals surface area contributed by atoms with Crippen molar-refractivity contribution in [1.82, 2.24) is 9.80 Å². The van der Waals surface area contributed by atoms with Crippen molar-refractivity contribution in [3.63, 3.8) is 0 Å². The molecule has 1 saturated heterocycles. The molecule has 3 rings (SSSR count). The normalized spacial score (nSPS) is 15.1. The third kappa shape index (κ3) is 5.19. The van der Waals surface area contributed by atoms with E-state index in [1.807, 2.05) is 33.9 Å². The number of hydrogen-bond acceptors (Lipinski definition) is 5. The standard InChI is InChI=1S/C23H31N3O4S/c1-17-6-7-21(30-5)22(15-17)31(28,29)26(20-13-18(2)12-19(3)14-20)16-23(27)25-10-8-24(4)9-11-25/h6-7,12-15H,8-11,16H2,1-5H3. The van der Waals surface area contributed by atoms with Crippen LogP contribution in [-0.2, 0) is 14.8 Å². The first-order chi connectivity index (χ1) is 14.6. The predicted molar refractivity (Wildman–Crippen MR) is 122 cm³/mol. The van der Waals surface area contributed by atoms with Gasteiger partial charge in [0, 0.05) is 26.2 Å². The van der Waals surface area contributed by atoms with Gasteiger partial charge in [-0.15, -0.1) is 0 Å². The fourth-order valence-electron chi connectivity index (χ4n) is 3.79. The van der Waals surface area contributed by atoms with Gasteiger partial charge in [-0.25, -0.2) is 8.42 Å². The number of carbonyl (C=O) groups is 1. The number of carbonyl (C=O) groups excluding carboxylic acids is 1. The van der Waals surface area contributed by atoms with Crippen LogP contribution in [0.2, 0.25) is 0 Å². The number of anilines is 1. The molecule has 0 aromatic heterocycles. The molecule has 1 amide bonds. The first-order valence-corrected chi connectivity index (χ1v) is 11.8. The number of likely N-dealkylation sites (N-methyl/N-ethyl adjacent to an activating group) is 1. The third-order valence-corrected chi connectivity index (χ3v) is 7.31. The Morgan fingerprint density at radius 3 is 2.16 bits per heavy atom. The number of aryl methyl sites for hydroxylation is 3. The number of piperazine rings is 1. The van der Waals surface area contributed by atoms with Crippen LogP contribution < -0.4 is 9.04 Å². The molecule has 1 fully saturated rings. The number of methoxy groups -OCH3 is 1. The molecular weight excluding hydrogens is 414 g/mol. The van der Waals surface area contributed by atoms with Crippen LogP contribution in [0.3, 0.4) is 0 Å². The second kappa shape index (κ2) is 9.28. The predicted octanol–water partition coefficient (Wildman–Crippen LogP) is 2.59. The molecule has 0 bridgehead atoms. The molecule has 2 aromatic rings. The summed E-state index contributed by atoms with van der Waals surface area (Å²) in [5.41, 5.74) is 3.13. The highest BCUT2D eigenvalue weighted by atomic mass is 32.2. The van der Waals surface area contributed by atoms with Gasteiger partial charge >= 0.3 is 0 Å². The van der Waals surface area contributed by atoms with Crippen molar-refractivity contribution in [3.8, 4) is 5.75 Å². The largest absolute Gasteiger partial charge is 0.495 e. The Hall–Kier alpha value is -2.58. The van der Waals surface area contributed by atoms with Crippen molar-refractivity contribution >= 4 is 21.6 Å². The van der Waals surface area contributed by atoms with Crippen LogP contribution in [0.15, 0.2) is 41.3 Å². The lowest BCUT2D eigenvalue weighted by Crippen LogP contribution is -2.50. The molecular formula is C23H31N3O4S. The van der Waals surface area contributed by atoms with E-state index in [0.29, 0.717) is 18.8 Å². The molecule has 7 nitrogen and oxygen atoms in total. The van der Waals surface area contributed by atoms with Crippen molar-refractivity contribution in [3.05, 3.63) is 53.1 Å². The highest BCUT2D eigenvalue weighted by Crippen LogP contribution is 2.32. The SMILES string of the molecule is COc1ccc(C)cc1S(=O)(=O)N(CC(=O)N1CCN(C)CC1)c1cc(C)cc(C)c1. The van der Waals surface area contributed by atoms with E-state index >= 15 is 0 Å². The fraction of sp³-hybridized carbons (Fsp3) is 0.435. The first-order valence-electron chi connectivity index (χ1n) is 10.3. The lowest BCUT2D eigenvalue weighted by molar-refractivity contribution is -0.131. The molecule has 2 aromatic carbocycles. The van der Waals surface area contributed by atoms with E-state index in [1.165, 1.54) is 11.4 Å². The van der Waals surface area contributed by atoms with Gasteiger partial charge in [-0.2, -0.15) is 0 Å². The number of ether oxygens (including phenoxy) is 1. The van der Waals surface area contributed by atoms with Gasteiger partial charge in [0.15, 0.2) is 0 Å². The van der Waals surface area contributed by atoms with Crippen molar-refractivity contribution in [2.75, 3.05) is 51.2 Å². The summed E-state index contributed by atoms with van der Waals surface area (Å²) in [5, 5.41) is 0. The lowest BCUT2D eigenvalue weighted by atomic mass is 10.1. The molecule has 1 heterocycles. The maximum absolute atomic E-state index is 13.8. The van der Waals surface area contributed by atoms with Gasteiger partial charge in [0.2, 0.25) is 5.91 Å². The van der Waals surface area contributed by atoms with Gasteiger partial charge in [-0.1, -0.05) is 12.1 Å². The minimum atomic E-state index is -4.05. The van der Waals surface area contributed by atoms with Crippen LogP contribution in [0.25, 0.3) is 0 Å². The van der Waals surface area contributed by atoms with Gasteiger partial charge in [0.1, 0.15) is 17.2 Å². The van der Waals surface area contributed by atoms with Crippen LogP contribution in [0.1, 0.15) is 16.7 Å². The van der Waals surface area contributed by atoms with E-state index in [-0.39, 0.29) is 23.1 Å². The van der Waals surface area contributed by atoms with E-state index in [1.54, 1.807) is 35.2 Å². The van der Waals surface area contributed by atoms with E-state index in [0.717, 1.165) is 29.8 Å².